The lowest BCUT2D eigenvalue weighted by Gasteiger charge is -2.06. The molecule has 0 radical (unpaired) electrons. The van der Waals surface area contributed by atoms with Gasteiger partial charge in [-0.05, 0) is 12.5 Å². The Morgan fingerprint density at radius 2 is 2.21 bits per heavy atom. The van der Waals surface area contributed by atoms with Gasteiger partial charge in [0.05, 0.1) is 0 Å². The Hall–Kier alpha value is -1.64. The van der Waals surface area contributed by atoms with Crippen molar-refractivity contribution in [3.05, 3.63) is 30.6 Å². The van der Waals surface area contributed by atoms with E-state index in [0.717, 1.165) is 18.5 Å². The second-order valence-electron chi connectivity index (χ2n) is 3.42. The van der Waals surface area contributed by atoms with Crippen LogP contribution >= 0.6 is 0 Å². The highest BCUT2D eigenvalue weighted by Crippen LogP contribution is 2.15. The number of aromatic hydroxyl groups is 1. The number of aromatic nitrogens is 1. The van der Waals surface area contributed by atoms with E-state index >= 15 is 0 Å². The topological polar surface area (TPSA) is 41.2 Å². The van der Waals surface area contributed by atoms with Gasteiger partial charge in [-0.1, -0.05) is 0 Å². The van der Waals surface area contributed by atoms with Crippen molar-refractivity contribution in [3.8, 4) is 5.75 Å². The van der Waals surface area contributed by atoms with E-state index < -0.39 is 0 Å². The van der Waals surface area contributed by atoms with Crippen molar-refractivity contribution in [2.24, 2.45) is 0 Å². The molecule has 72 valence electrons. The molecule has 0 aliphatic heterocycles. The van der Waals surface area contributed by atoms with Gasteiger partial charge in [0, 0.05) is 25.0 Å². The van der Waals surface area contributed by atoms with Crippen molar-refractivity contribution in [2.45, 2.75) is 19.3 Å². The van der Waals surface area contributed by atoms with Crippen LogP contribution in [0.3, 0.4) is 0 Å². The molecular formula is C11H12NO2+. The minimum atomic E-state index is 0.169. The van der Waals surface area contributed by atoms with Gasteiger partial charge in [-0.15, -0.1) is 0 Å². The summed E-state index contributed by atoms with van der Waals surface area (Å²) in [5.41, 5.74) is 0.956. The van der Waals surface area contributed by atoms with Gasteiger partial charge in [-0.2, -0.15) is 4.57 Å². The van der Waals surface area contributed by atoms with E-state index in [9.17, 15) is 9.90 Å². The molecule has 0 atom stereocenters. The summed E-state index contributed by atoms with van der Waals surface area (Å²) in [6.07, 6.45) is 7.54. The second kappa shape index (κ2) is 3.62. The Morgan fingerprint density at radius 3 is 2.93 bits per heavy atom. The number of hydrogen-bond donors (Lipinski definition) is 1. The summed E-state index contributed by atoms with van der Waals surface area (Å²) in [6, 6.07) is 3.37. The molecule has 2 rings (SSSR count). The van der Waals surface area contributed by atoms with Gasteiger partial charge in [0.25, 0.3) is 0 Å². The summed E-state index contributed by atoms with van der Waals surface area (Å²) in [4.78, 5) is 11.2. The summed E-state index contributed by atoms with van der Waals surface area (Å²) in [5.74, 6) is 0.383. The molecule has 0 saturated heterocycles. The van der Waals surface area contributed by atoms with E-state index in [2.05, 4.69) is 0 Å². The van der Waals surface area contributed by atoms with Gasteiger partial charge in [0.15, 0.2) is 23.4 Å². The monoisotopic (exact) mass is 190 g/mol. The lowest BCUT2D eigenvalue weighted by molar-refractivity contribution is -0.584. The highest BCUT2D eigenvalue weighted by Gasteiger charge is 2.17. The molecule has 1 heterocycles. The molecule has 0 amide bonds. The number of carbonyl (C=O) groups is 1. The van der Waals surface area contributed by atoms with E-state index in [0.29, 0.717) is 6.42 Å². The summed E-state index contributed by atoms with van der Waals surface area (Å²) in [5, 5.41) is 9.28. The normalized spacial score (nSPS) is 16.6. The fraction of sp³-hybridized carbons (Fsp3) is 0.273. The molecule has 0 aromatic carbocycles. The molecule has 0 saturated carbocycles. The molecule has 1 aliphatic carbocycles. The van der Waals surface area contributed by atoms with Crippen LogP contribution in [0.25, 0.3) is 5.70 Å². The smallest absolute Gasteiger partial charge is 0.216 e. The van der Waals surface area contributed by atoms with Crippen LogP contribution in [0.1, 0.15) is 19.3 Å². The van der Waals surface area contributed by atoms with Crippen LogP contribution in [0.4, 0.5) is 0 Å². The lowest BCUT2D eigenvalue weighted by Crippen LogP contribution is -2.32. The third-order valence-electron chi connectivity index (χ3n) is 2.30. The van der Waals surface area contributed by atoms with Gasteiger partial charge in [0.2, 0.25) is 6.20 Å². The third kappa shape index (κ3) is 1.82. The molecule has 1 aliphatic rings. The number of carbonyl (C=O) groups excluding carboxylic acids is 1. The van der Waals surface area contributed by atoms with E-state index in [1.54, 1.807) is 29.0 Å². The molecule has 3 nitrogen and oxygen atoms in total. The largest absolute Gasteiger partial charge is 0.503 e. The van der Waals surface area contributed by atoms with E-state index in [1.165, 1.54) is 0 Å². The number of hydrogen-bond acceptors (Lipinski definition) is 2. The minimum absolute atomic E-state index is 0.169. The van der Waals surface area contributed by atoms with Gasteiger partial charge >= 0.3 is 0 Å². The van der Waals surface area contributed by atoms with Crippen LogP contribution in [-0.4, -0.2) is 10.9 Å². The quantitative estimate of drug-likeness (QED) is 0.677. The molecule has 0 bridgehead atoms. The third-order valence-corrected chi connectivity index (χ3v) is 2.30. The first-order valence-corrected chi connectivity index (χ1v) is 4.70. The van der Waals surface area contributed by atoms with E-state index in [1.807, 2.05) is 6.20 Å². The molecule has 0 fully saturated rings. The van der Waals surface area contributed by atoms with Crippen molar-refractivity contribution in [1.29, 1.82) is 0 Å². The van der Waals surface area contributed by atoms with Crippen LogP contribution in [0.5, 0.6) is 5.75 Å². The predicted octanol–water partition coefficient (Wildman–Crippen LogP) is 1.27. The SMILES string of the molecule is O=C1C=C([n+]2cccc(O)c2)CCC1. The van der Waals surface area contributed by atoms with Crippen molar-refractivity contribution in [2.75, 3.05) is 0 Å². The Bertz CT molecular complexity index is 396. The summed E-state index contributed by atoms with van der Waals surface area (Å²) < 4.78 is 1.80. The number of nitrogens with zero attached hydrogens (tertiary/aromatic N) is 1. The molecule has 3 heteroatoms. The Labute approximate surface area is 82.3 Å². The molecule has 14 heavy (non-hydrogen) atoms. The maximum absolute atomic E-state index is 11.2. The predicted molar refractivity (Wildman–Crippen MR) is 51.4 cm³/mol. The Morgan fingerprint density at radius 1 is 1.36 bits per heavy atom. The van der Waals surface area contributed by atoms with Gasteiger partial charge < -0.3 is 5.11 Å². The minimum Gasteiger partial charge on any atom is -0.503 e. The number of allylic oxidation sites excluding steroid dienone is 2. The molecule has 0 spiro atoms. The maximum Gasteiger partial charge on any atom is 0.216 e. The zero-order chi connectivity index (χ0) is 9.97. The average Bonchev–Trinajstić information content (AvgIpc) is 2.18. The Kier molecular flexibility index (Phi) is 2.31. The van der Waals surface area contributed by atoms with Crippen LogP contribution in [0, 0.1) is 0 Å². The van der Waals surface area contributed by atoms with Gasteiger partial charge in [-0.3, -0.25) is 4.79 Å². The van der Waals surface area contributed by atoms with Gasteiger partial charge in [0.1, 0.15) is 0 Å². The summed E-state index contributed by atoms with van der Waals surface area (Å²) in [6.45, 7) is 0. The number of pyridine rings is 1. The second-order valence-corrected chi connectivity index (χ2v) is 3.42. The first-order chi connectivity index (χ1) is 6.75. The van der Waals surface area contributed by atoms with Crippen molar-refractivity contribution in [1.82, 2.24) is 0 Å². The van der Waals surface area contributed by atoms with Crippen LogP contribution < -0.4 is 4.57 Å². The maximum atomic E-state index is 11.2. The summed E-state index contributed by atoms with van der Waals surface area (Å²) >= 11 is 0. The highest BCUT2D eigenvalue weighted by molar-refractivity contribution is 5.94. The average molecular weight is 190 g/mol. The van der Waals surface area contributed by atoms with Gasteiger partial charge in [-0.25, -0.2) is 0 Å². The molecule has 0 unspecified atom stereocenters. The zero-order valence-corrected chi connectivity index (χ0v) is 7.81. The Balaban J connectivity index is 2.35. The molecule has 1 N–H and O–H groups in total. The first kappa shape index (κ1) is 8.94. The number of ketones is 1. The van der Waals surface area contributed by atoms with E-state index in [-0.39, 0.29) is 11.5 Å². The fourth-order valence-corrected chi connectivity index (χ4v) is 1.62. The van der Waals surface area contributed by atoms with Crippen molar-refractivity contribution >= 4 is 11.5 Å². The zero-order valence-electron chi connectivity index (χ0n) is 7.81. The molecule has 1 aromatic rings. The molecular weight excluding hydrogens is 178 g/mol. The van der Waals surface area contributed by atoms with Crippen LogP contribution in [-0.2, 0) is 4.79 Å². The first-order valence-electron chi connectivity index (χ1n) is 4.70. The standard InChI is InChI=1S/C11H11NO2/c13-10-4-1-3-9(7-10)12-6-2-5-11(14)8-12/h2,5-8H,1,3-4H2/p+1. The fourth-order valence-electron chi connectivity index (χ4n) is 1.62. The number of rotatable bonds is 1. The van der Waals surface area contributed by atoms with Crippen molar-refractivity contribution < 1.29 is 14.5 Å². The lowest BCUT2D eigenvalue weighted by atomic mass is 10.0. The molecule has 1 aromatic heterocycles. The summed E-state index contributed by atoms with van der Waals surface area (Å²) in [7, 11) is 0. The van der Waals surface area contributed by atoms with Crippen LogP contribution in [0.2, 0.25) is 0 Å². The van der Waals surface area contributed by atoms with Crippen molar-refractivity contribution in [3.63, 3.8) is 0 Å². The van der Waals surface area contributed by atoms with E-state index in [4.69, 9.17) is 0 Å². The van der Waals surface area contributed by atoms with Crippen LogP contribution in [0.15, 0.2) is 30.6 Å². The highest BCUT2D eigenvalue weighted by atomic mass is 16.3.